The molecule has 1 aliphatic rings. The number of nitrogens with zero attached hydrogens (tertiary/aromatic N) is 3. The molecule has 23 heavy (non-hydrogen) atoms. The molecule has 1 fully saturated rings. The first-order valence-electron chi connectivity index (χ1n) is 8.46. The fourth-order valence-electron chi connectivity index (χ4n) is 3.17. The molecule has 2 aromatic rings. The second-order valence-electron chi connectivity index (χ2n) is 6.20. The van der Waals surface area contributed by atoms with Crippen LogP contribution < -0.4 is 4.74 Å². The molecule has 3 rings (SSSR count). The summed E-state index contributed by atoms with van der Waals surface area (Å²) in [4.78, 5) is 0. The highest BCUT2D eigenvalue weighted by atomic mass is 32.2. The first kappa shape index (κ1) is 16.4. The van der Waals surface area contributed by atoms with Crippen LogP contribution in [0.3, 0.4) is 0 Å². The minimum atomic E-state index is 0.596. The van der Waals surface area contributed by atoms with Crippen molar-refractivity contribution in [3.63, 3.8) is 0 Å². The highest BCUT2D eigenvalue weighted by Gasteiger charge is 2.21. The molecule has 0 atom stereocenters. The molecule has 5 heteroatoms. The Labute approximate surface area is 142 Å². The summed E-state index contributed by atoms with van der Waals surface area (Å²) in [5.74, 6) is 3.60. The number of rotatable bonds is 6. The van der Waals surface area contributed by atoms with Crippen LogP contribution in [0.5, 0.6) is 5.75 Å². The number of thioether (sulfide) groups is 1. The van der Waals surface area contributed by atoms with Gasteiger partial charge in [-0.2, -0.15) is 0 Å². The van der Waals surface area contributed by atoms with E-state index in [9.17, 15) is 0 Å². The van der Waals surface area contributed by atoms with Crippen molar-refractivity contribution < 1.29 is 4.74 Å². The highest BCUT2D eigenvalue weighted by molar-refractivity contribution is 7.99. The van der Waals surface area contributed by atoms with Gasteiger partial charge in [0.05, 0.1) is 6.61 Å². The van der Waals surface area contributed by atoms with E-state index in [4.69, 9.17) is 4.74 Å². The maximum atomic E-state index is 5.84. The van der Waals surface area contributed by atoms with Crippen molar-refractivity contribution in [2.75, 3.05) is 12.4 Å². The Bertz CT molecular complexity index is 635. The zero-order chi connectivity index (χ0) is 16.1. The summed E-state index contributed by atoms with van der Waals surface area (Å²) in [6.45, 7) is 2.75. The third-order valence-corrected chi connectivity index (χ3v) is 5.49. The van der Waals surface area contributed by atoms with Gasteiger partial charge in [-0.1, -0.05) is 49.2 Å². The van der Waals surface area contributed by atoms with Crippen LogP contribution in [0.4, 0.5) is 0 Å². The van der Waals surface area contributed by atoms with Crippen molar-refractivity contribution in [2.24, 2.45) is 7.05 Å². The van der Waals surface area contributed by atoms with Crippen LogP contribution in [0, 0.1) is 6.92 Å². The van der Waals surface area contributed by atoms with Crippen LogP contribution in [0.15, 0.2) is 29.4 Å². The normalized spacial score (nSPS) is 15.7. The summed E-state index contributed by atoms with van der Waals surface area (Å²) in [6, 6.07) is 8.13. The number of para-hydroxylation sites is 1. The lowest BCUT2D eigenvalue weighted by Gasteiger charge is -2.20. The lowest BCUT2D eigenvalue weighted by atomic mass is 9.89. The van der Waals surface area contributed by atoms with Gasteiger partial charge in [-0.3, -0.25) is 0 Å². The molecule has 1 aromatic carbocycles. The number of hydrogen-bond acceptors (Lipinski definition) is 4. The molecule has 0 saturated heterocycles. The van der Waals surface area contributed by atoms with Crippen molar-refractivity contribution in [1.29, 1.82) is 0 Å². The van der Waals surface area contributed by atoms with E-state index in [1.807, 2.05) is 18.2 Å². The molecule has 0 unspecified atom stereocenters. The summed E-state index contributed by atoms with van der Waals surface area (Å²) in [6.07, 6.45) is 6.53. The largest absolute Gasteiger partial charge is 0.492 e. The summed E-state index contributed by atoms with van der Waals surface area (Å²) in [5, 5.41) is 9.81. The Balaban J connectivity index is 1.51. The summed E-state index contributed by atoms with van der Waals surface area (Å²) < 4.78 is 8.02. The number of hydrogen-bond donors (Lipinski definition) is 0. The van der Waals surface area contributed by atoms with Crippen molar-refractivity contribution in [3.8, 4) is 5.75 Å². The zero-order valence-electron chi connectivity index (χ0n) is 14.0. The molecule has 124 valence electrons. The van der Waals surface area contributed by atoms with Gasteiger partial charge in [-0.05, 0) is 31.4 Å². The molecule has 0 aliphatic heterocycles. The van der Waals surface area contributed by atoms with E-state index >= 15 is 0 Å². The topological polar surface area (TPSA) is 39.9 Å². The molecule has 0 amide bonds. The molecule has 1 aliphatic carbocycles. The van der Waals surface area contributed by atoms with Crippen LogP contribution in [-0.2, 0) is 7.05 Å². The monoisotopic (exact) mass is 331 g/mol. The van der Waals surface area contributed by atoms with E-state index in [-0.39, 0.29) is 0 Å². The molecular weight excluding hydrogens is 306 g/mol. The van der Waals surface area contributed by atoms with Crippen LogP contribution in [0.2, 0.25) is 0 Å². The van der Waals surface area contributed by atoms with Gasteiger partial charge in [0.1, 0.15) is 11.6 Å². The van der Waals surface area contributed by atoms with Crippen molar-refractivity contribution >= 4 is 11.8 Å². The smallest absolute Gasteiger partial charge is 0.191 e. The minimum Gasteiger partial charge on any atom is -0.492 e. The van der Waals surface area contributed by atoms with E-state index in [0.29, 0.717) is 12.5 Å². The SMILES string of the molecule is Cc1ccccc1OCCSc1nnc(C2CCCCC2)n1C. The van der Waals surface area contributed by atoms with Crippen molar-refractivity contribution in [3.05, 3.63) is 35.7 Å². The minimum absolute atomic E-state index is 0.596. The van der Waals surface area contributed by atoms with E-state index in [1.165, 1.54) is 37.7 Å². The third-order valence-electron chi connectivity index (χ3n) is 4.50. The van der Waals surface area contributed by atoms with Crippen LogP contribution in [-0.4, -0.2) is 27.1 Å². The van der Waals surface area contributed by atoms with Gasteiger partial charge in [0.2, 0.25) is 0 Å². The predicted octanol–water partition coefficient (Wildman–Crippen LogP) is 4.34. The Morgan fingerprint density at radius 2 is 1.96 bits per heavy atom. The van der Waals surface area contributed by atoms with E-state index in [0.717, 1.165) is 22.5 Å². The molecule has 4 nitrogen and oxygen atoms in total. The number of aryl methyl sites for hydroxylation is 1. The van der Waals surface area contributed by atoms with Crippen molar-refractivity contribution in [1.82, 2.24) is 14.8 Å². The predicted molar refractivity (Wildman–Crippen MR) is 94.2 cm³/mol. The Morgan fingerprint density at radius 1 is 1.17 bits per heavy atom. The van der Waals surface area contributed by atoms with E-state index < -0.39 is 0 Å². The molecule has 0 spiro atoms. The summed E-state index contributed by atoms with van der Waals surface area (Å²) in [5.41, 5.74) is 1.18. The number of ether oxygens (including phenoxy) is 1. The quantitative estimate of drug-likeness (QED) is 0.583. The van der Waals surface area contributed by atoms with E-state index in [2.05, 4.69) is 34.8 Å². The van der Waals surface area contributed by atoms with Gasteiger partial charge in [-0.15, -0.1) is 10.2 Å². The summed E-state index contributed by atoms with van der Waals surface area (Å²) in [7, 11) is 2.09. The molecule has 1 aromatic heterocycles. The first-order chi connectivity index (χ1) is 11.3. The standard InChI is InChI=1S/C18H25N3OS/c1-14-8-6-7-11-16(14)22-12-13-23-18-20-19-17(21(18)2)15-9-4-3-5-10-15/h6-8,11,15H,3-5,9-10,12-13H2,1-2H3. The van der Waals surface area contributed by atoms with Gasteiger partial charge < -0.3 is 9.30 Å². The van der Waals surface area contributed by atoms with Crippen molar-refractivity contribution in [2.45, 2.75) is 50.1 Å². The van der Waals surface area contributed by atoms with Gasteiger partial charge in [-0.25, -0.2) is 0 Å². The average molecular weight is 331 g/mol. The molecule has 1 saturated carbocycles. The molecule has 1 heterocycles. The molecule has 0 bridgehead atoms. The lowest BCUT2D eigenvalue weighted by Crippen LogP contribution is -2.10. The maximum absolute atomic E-state index is 5.84. The summed E-state index contributed by atoms with van der Waals surface area (Å²) >= 11 is 1.72. The van der Waals surface area contributed by atoms with Gasteiger partial charge in [0, 0.05) is 18.7 Å². The van der Waals surface area contributed by atoms with Gasteiger partial charge in [0.15, 0.2) is 5.16 Å². The maximum Gasteiger partial charge on any atom is 0.191 e. The van der Waals surface area contributed by atoms with Gasteiger partial charge >= 0.3 is 0 Å². The number of benzene rings is 1. The Kier molecular flexibility index (Phi) is 5.60. The second-order valence-corrected chi connectivity index (χ2v) is 7.26. The molecular formula is C18H25N3OS. The average Bonchev–Trinajstić information content (AvgIpc) is 2.95. The third kappa shape index (κ3) is 4.08. The Hall–Kier alpha value is -1.49. The van der Waals surface area contributed by atoms with Gasteiger partial charge in [0.25, 0.3) is 0 Å². The Morgan fingerprint density at radius 3 is 2.74 bits per heavy atom. The molecule has 0 radical (unpaired) electrons. The fraction of sp³-hybridized carbons (Fsp3) is 0.556. The van der Waals surface area contributed by atoms with E-state index in [1.54, 1.807) is 11.8 Å². The fourth-order valence-corrected chi connectivity index (χ4v) is 3.91. The van der Waals surface area contributed by atoms with Crippen LogP contribution in [0.25, 0.3) is 0 Å². The molecule has 0 N–H and O–H groups in total. The highest BCUT2D eigenvalue weighted by Crippen LogP contribution is 2.32. The second kappa shape index (κ2) is 7.86. The number of aromatic nitrogens is 3. The zero-order valence-corrected chi connectivity index (χ0v) is 14.8. The lowest BCUT2D eigenvalue weighted by molar-refractivity contribution is 0.341. The first-order valence-corrected chi connectivity index (χ1v) is 9.45. The van der Waals surface area contributed by atoms with Crippen LogP contribution >= 0.6 is 11.8 Å². The van der Waals surface area contributed by atoms with Crippen LogP contribution in [0.1, 0.15) is 49.4 Å².